The largest absolute Gasteiger partial charge is 0.385 e. The van der Waals surface area contributed by atoms with Crippen molar-refractivity contribution in [1.29, 1.82) is 0 Å². The van der Waals surface area contributed by atoms with Gasteiger partial charge in [-0.25, -0.2) is 9.97 Å². The van der Waals surface area contributed by atoms with E-state index in [0.717, 1.165) is 12.0 Å². The van der Waals surface area contributed by atoms with Gasteiger partial charge in [-0.2, -0.15) is 0 Å². The molecule has 0 aliphatic carbocycles. The number of carbonyl (C=O) groups excluding carboxylic acids is 1. The fourth-order valence-electron chi connectivity index (χ4n) is 2.11. The van der Waals surface area contributed by atoms with Crippen molar-refractivity contribution >= 4 is 29.1 Å². The minimum atomic E-state index is -0.300. The summed E-state index contributed by atoms with van der Waals surface area (Å²) < 4.78 is 5.00. The van der Waals surface area contributed by atoms with Crippen LogP contribution in [0.1, 0.15) is 28.2 Å². The maximum Gasteiger partial charge on any atom is 0.274 e. The van der Waals surface area contributed by atoms with Gasteiger partial charge in [-0.15, -0.1) is 0 Å². The SMILES string of the molecule is COCCCNc1nc(C)cc(C(=O)Nc2cccc(Cl)c2C)n1. The van der Waals surface area contributed by atoms with Crippen LogP contribution >= 0.6 is 11.6 Å². The molecule has 0 aliphatic heterocycles. The van der Waals surface area contributed by atoms with E-state index >= 15 is 0 Å². The Morgan fingerprint density at radius 1 is 1.29 bits per heavy atom. The number of hydrogen-bond acceptors (Lipinski definition) is 5. The van der Waals surface area contributed by atoms with Crippen LogP contribution in [-0.4, -0.2) is 36.1 Å². The molecule has 0 unspecified atom stereocenters. The average molecular weight is 349 g/mol. The molecule has 7 heteroatoms. The van der Waals surface area contributed by atoms with Crippen molar-refractivity contribution in [3.63, 3.8) is 0 Å². The Balaban J connectivity index is 2.11. The van der Waals surface area contributed by atoms with E-state index in [2.05, 4.69) is 20.6 Å². The first kappa shape index (κ1) is 18.2. The van der Waals surface area contributed by atoms with Crippen LogP contribution in [0.5, 0.6) is 0 Å². The smallest absolute Gasteiger partial charge is 0.274 e. The summed E-state index contributed by atoms with van der Waals surface area (Å²) in [6.45, 7) is 5.00. The van der Waals surface area contributed by atoms with E-state index in [-0.39, 0.29) is 5.91 Å². The predicted octanol–water partition coefficient (Wildman–Crippen LogP) is 3.45. The molecule has 0 radical (unpaired) electrons. The lowest BCUT2D eigenvalue weighted by molar-refractivity contribution is 0.102. The second kappa shape index (κ2) is 8.61. The Morgan fingerprint density at radius 3 is 2.83 bits per heavy atom. The van der Waals surface area contributed by atoms with Crippen LogP contribution in [0, 0.1) is 13.8 Å². The van der Waals surface area contributed by atoms with E-state index in [9.17, 15) is 4.79 Å². The zero-order chi connectivity index (χ0) is 17.5. The van der Waals surface area contributed by atoms with Gasteiger partial charge in [-0.3, -0.25) is 4.79 Å². The first-order chi connectivity index (χ1) is 11.5. The van der Waals surface area contributed by atoms with Gasteiger partial charge in [0.15, 0.2) is 0 Å². The minimum Gasteiger partial charge on any atom is -0.385 e. The standard InChI is InChI=1S/C17H21ClN4O2/c1-11-10-15(22-17(20-11)19-8-5-9-24-3)16(23)21-14-7-4-6-13(18)12(14)2/h4,6-7,10H,5,8-9H2,1-3H3,(H,21,23)(H,19,20,22). The molecule has 1 aromatic heterocycles. The van der Waals surface area contributed by atoms with Gasteiger partial charge in [-0.05, 0) is 44.0 Å². The molecule has 2 aromatic rings. The first-order valence-electron chi connectivity index (χ1n) is 7.66. The van der Waals surface area contributed by atoms with E-state index in [0.29, 0.717) is 41.2 Å². The van der Waals surface area contributed by atoms with E-state index in [1.807, 2.05) is 13.8 Å². The summed E-state index contributed by atoms with van der Waals surface area (Å²) in [5.74, 6) is 0.130. The highest BCUT2D eigenvalue weighted by Gasteiger charge is 2.12. The number of rotatable bonds is 7. The molecule has 6 nitrogen and oxygen atoms in total. The van der Waals surface area contributed by atoms with Gasteiger partial charge in [0.2, 0.25) is 5.95 Å². The summed E-state index contributed by atoms with van der Waals surface area (Å²) in [4.78, 5) is 21.0. The Labute approximate surface area is 146 Å². The van der Waals surface area contributed by atoms with Crippen molar-refractivity contribution in [1.82, 2.24) is 9.97 Å². The van der Waals surface area contributed by atoms with Crippen LogP contribution in [0.2, 0.25) is 5.02 Å². The molecule has 1 heterocycles. The Bertz CT molecular complexity index is 722. The Morgan fingerprint density at radius 2 is 2.08 bits per heavy atom. The number of aromatic nitrogens is 2. The van der Waals surface area contributed by atoms with Crippen molar-refractivity contribution in [2.45, 2.75) is 20.3 Å². The van der Waals surface area contributed by atoms with Crippen LogP contribution in [0.3, 0.4) is 0 Å². The average Bonchev–Trinajstić information content (AvgIpc) is 2.55. The number of ether oxygens (including phenoxy) is 1. The Hall–Kier alpha value is -2.18. The summed E-state index contributed by atoms with van der Waals surface area (Å²) in [7, 11) is 1.66. The molecule has 0 spiro atoms. The summed E-state index contributed by atoms with van der Waals surface area (Å²) in [5, 5.41) is 6.54. The molecular formula is C17H21ClN4O2. The van der Waals surface area contributed by atoms with Gasteiger partial charge in [0.1, 0.15) is 5.69 Å². The molecule has 2 N–H and O–H groups in total. The lowest BCUT2D eigenvalue weighted by Gasteiger charge is -2.11. The third-order valence-electron chi connectivity index (χ3n) is 3.41. The highest BCUT2D eigenvalue weighted by molar-refractivity contribution is 6.31. The number of halogens is 1. The van der Waals surface area contributed by atoms with Gasteiger partial charge in [0.25, 0.3) is 5.91 Å². The molecule has 128 valence electrons. The minimum absolute atomic E-state index is 0.300. The molecule has 0 atom stereocenters. The van der Waals surface area contributed by atoms with Crippen molar-refractivity contribution in [3.05, 3.63) is 46.2 Å². The monoisotopic (exact) mass is 348 g/mol. The maximum atomic E-state index is 12.5. The van der Waals surface area contributed by atoms with Crippen LogP contribution in [0.4, 0.5) is 11.6 Å². The predicted molar refractivity (Wildman–Crippen MR) is 95.9 cm³/mol. The van der Waals surface area contributed by atoms with Crippen LogP contribution in [0.25, 0.3) is 0 Å². The molecule has 0 bridgehead atoms. The molecule has 0 saturated carbocycles. The van der Waals surface area contributed by atoms with Gasteiger partial charge in [0.05, 0.1) is 0 Å². The number of aryl methyl sites for hydroxylation is 1. The van der Waals surface area contributed by atoms with Crippen molar-refractivity contribution in [2.24, 2.45) is 0 Å². The molecule has 0 aliphatic rings. The summed E-state index contributed by atoms with van der Waals surface area (Å²) in [6.07, 6.45) is 0.830. The number of carbonyl (C=O) groups is 1. The molecule has 1 aromatic carbocycles. The highest BCUT2D eigenvalue weighted by Crippen LogP contribution is 2.23. The number of methoxy groups -OCH3 is 1. The van der Waals surface area contributed by atoms with Crippen LogP contribution in [0.15, 0.2) is 24.3 Å². The molecule has 1 amide bonds. The molecule has 24 heavy (non-hydrogen) atoms. The third-order valence-corrected chi connectivity index (χ3v) is 3.82. The number of amides is 1. The molecular weight excluding hydrogens is 328 g/mol. The number of hydrogen-bond donors (Lipinski definition) is 2. The second-order valence-electron chi connectivity index (χ2n) is 5.36. The van der Waals surface area contributed by atoms with Gasteiger partial charge in [-0.1, -0.05) is 17.7 Å². The maximum absolute atomic E-state index is 12.5. The molecule has 0 saturated heterocycles. The van der Waals surface area contributed by atoms with Crippen LogP contribution < -0.4 is 10.6 Å². The fraction of sp³-hybridized carbons (Fsp3) is 0.353. The van der Waals surface area contributed by atoms with E-state index < -0.39 is 0 Å². The number of nitrogens with one attached hydrogen (secondary N) is 2. The quantitative estimate of drug-likeness (QED) is 0.749. The second-order valence-corrected chi connectivity index (χ2v) is 5.77. The van der Waals surface area contributed by atoms with E-state index in [1.54, 1.807) is 31.4 Å². The number of anilines is 2. The summed E-state index contributed by atoms with van der Waals surface area (Å²) in [6, 6.07) is 7.02. The topological polar surface area (TPSA) is 76.1 Å². The van der Waals surface area contributed by atoms with E-state index in [4.69, 9.17) is 16.3 Å². The first-order valence-corrected chi connectivity index (χ1v) is 8.04. The van der Waals surface area contributed by atoms with Crippen LogP contribution in [-0.2, 0) is 4.74 Å². The number of nitrogens with zero attached hydrogens (tertiary/aromatic N) is 2. The van der Waals surface area contributed by atoms with Crippen molar-refractivity contribution < 1.29 is 9.53 Å². The Kier molecular flexibility index (Phi) is 6.52. The highest BCUT2D eigenvalue weighted by atomic mass is 35.5. The zero-order valence-corrected chi connectivity index (χ0v) is 14.8. The summed E-state index contributed by atoms with van der Waals surface area (Å²) >= 11 is 6.08. The lowest BCUT2D eigenvalue weighted by Crippen LogP contribution is -2.17. The lowest BCUT2D eigenvalue weighted by atomic mass is 10.2. The third kappa shape index (κ3) is 4.91. The fourth-order valence-corrected chi connectivity index (χ4v) is 2.28. The summed E-state index contributed by atoms with van der Waals surface area (Å²) in [5.41, 5.74) is 2.50. The number of benzene rings is 1. The van der Waals surface area contributed by atoms with Gasteiger partial charge >= 0.3 is 0 Å². The van der Waals surface area contributed by atoms with Gasteiger partial charge < -0.3 is 15.4 Å². The van der Waals surface area contributed by atoms with Gasteiger partial charge in [0, 0.05) is 36.7 Å². The van der Waals surface area contributed by atoms with Crippen molar-refractivity contribution in [2.75, 3.05) is 30.9 Å². The zero-order valence-electron chi connectivity index (χ0n) is 14.0. The van der Waals surface area contributed by atoms with E-state index in [1.165, 1.54) is 0 Å². The van der Waals surface area contributed by atoms with Crippen molar-refractivity contribution in [3.8, 4) is 0 Å². The normalized spacial score (nSPS) is 10.5. The molecule has 0 fully saturated rings. The molecule has 2 rings (SSSR count).